The normalized spacial score (nSPS) is 12.2. The Morgan fingerprint density at radius 1 is 1.19 bits per heavy atom. The van der Waals surface area contributed by atoms with E-state index in [1.165, 1.54) is 37.4 Å². The van der Waals surface area contributed by atoms with Crippen LogP contribution in [0.1, 0.15) is 5.56 Å². The van der Waals surface area contributed by atoms with E-state index in [-0.39, 0.29) is 9.90 Å². The summed E-state index contributed by atoms with van der Waals surface area (Å²) in [6, 6.07) is 9.56. The maximum Gasteiger partial charge on any atom is 0.416 e. The maximum atomic E-state index is 12.8. The highest BCUT2D eigenvalue weighted by Crippen LogP contribution is 2.31. The number of nitrogens with one attached hydrogen (secondary N) is 2. The number of likely N-dealkylation sites (N-methyl/N-ethyl adjacent to an activating group) is 1. The van der Waals surface area contributed by atoms with Crippen LogP contribution in [0.25, 0.3) is 10.6 Å². The number of aromatic amines is 1. The second-order valence-corrected chi connectivity index (χ2v) is 9.67. The quantitative estimate of drug-likeness (QED) is 0.573. The Bertz CT molecular complexity index is 1250. The molecular formula is C18H15F3N4O4S2. The predicted octanol–water partition coefficient (Wildman–Crippen LogP) is 2.78. The van der Waals surface area contributed by atoms with Crippen molar-refractivity contribution in [2.45, 2.75) is 10.4 Å². The SMILES string of the molecule is CN(CC(=O)Nc1cccc(C(F)(F)F)c1)S(=O)(=O)c1ccc(-c2ccc(=O)[nH]n2)s1. The van der Waals surface area contributed by atoms with Crippen molar-refractivity contribution in [2.24, 2.45) is 0 Å². The van der Waals surface area contributed by atoms with E-state index in [0.29, 0.717) is 10.6 Å². The van der Waals surface area contributed by atoms with Gasteiger partial charge < -0.3 is 5.32 Å². The molecule has 2 N–H and O–H groups in total. The van der Waals surface area contributed by atoms with Gasteiger partial charge in [0.15, 0.2) is 0 Å². The molecular weight excluding hydrogens is 457 g/mol. The molecule has 8 nitrogen and oxygen atoms in total. The summed E-state index contributed by atoms with van der Waals surface area (Å²) < 4.78 is 64.5. The fourth-order valence-electron chi connectivity index (χ4n) is 2.49. The number of carbonyl (C=O) groups excluding carboxylic acids is 1. The number of nitrogens with zero attached hydrogens (tertiary/aromatic N) is 2. The molecule has 31 heavy (non-hydrogen) atoms. The van der Waals surface area contributed by atoms with Crippen LogP contribution >= 0.6 is 11.3 Å². The molecule has 2 aromatic heterocycles. The summed E-state index contributed by atoms with van der Waals surface area (Å²) in [6.07, 6.45) is -4.57. The molecule has 0 fully saturated rings. The lowest BCUT2D eigenvalue weighted by Gasteiger charge is -2.16. The minimum absolute atomic E-state index is 0.0649. The topological polar surface area (TPSA) is 112 Å². The molecule has 0 spiro atoms. The number of benzene rings is 1. The van der Waals surface area contributed by atoms with Crippen molar-refractivity contribution in [3.05, 3.63) is 64.4 Å². The Morgan fingerprint density at radius 2 is 1.94 bits per heavy atom. The summed E-state index contributed by atoms with van der Waals surface area (Å²) in [6.45, 7) is -0.608. The molecule has 0 bridgehead atoms. The first-order valence-corrected chi connectivity index (χ1v) is 10.8. The summed E-state index contributed by atoms with van der Waals surface area (Å²) in [5.74, 6) is -0.801. The fourth-order valence-corrected chi connectivity index (χ4v) is 5.11. The van der Waals surface area contributed by atoms with Gasteiger partial charge in [0.2, 0.25) is 5.91 Å². The molecule has 13 heteroatoms. The molecule has 0 aliphatic heterocycles. The minimum Gasteiger partial charge on any atom is -0.325 e. The average Bonchev–Trinajstić information content (AvgIpc) is 3.19. The third-order valence-electron chi connectivity index (χ3n) is 4.02. The third-order valence-corrected chi connectivity index (χ3v) is 7.40. The van der Waals surface area contributed by atoms with Gasteiger partial charge in [0, 0.05) is 18.8 Å². The van der Waals surface area contributed by atoms with Crippen LogP contribution < -0.4 is 10.9 Å². The van der Waals surface area contributed by atoms with Crippen LogP contribution in [0.3, 0.4) is 0 Å². The highest BCUT2D eigenvalue weighted by molar-refractivity contribution is 7.91. The molecule has 2 heterocycles. The number of aromatic nitrogens is 2. The molecule has 0 saturated carbocycles. The van der Waals surface area contributed by atoms with Gasteiger partial charge in [-0.2, -0.15) is 22.6 Å². The van der Waals surface area contributed by atoms with Crippen molar-refractivity contribution >= 4 is 33.0 Å². The number of amides is 1. The van der Waals surface area contributed by atoms with E-state index in [1.54, 1.807) is 0 Å². The van der Waals surface area contributed by atoms with Gasteiger partial charge >= 0.3 is 6.18 Å². The summed E-state index contributed by atoms with van der Waals surface area (Å²) >= 11 is 0.892. The van der Waals surface area contributed by atoms with Gasteiger partial charge in [-0.05, 0) is 36.4 Å². The van der Waals surface area contributed by atoms with E-state index < -0.39 is 39.8 Å². The van der Waals surface area contributed by atoms with Crippen molar-refractivity contribution in [1.29, 1.82) is 0 Å². The highest BCUT2D eigenvalue weighted by Gasteiger charge is 2.31. The lowest BCUT2D eigenvalue weighted by atomic mass is 10.2. The van der Waals surface area contributed by atoms with Crippen molar-refractivity contribution in [3.8, 4) is 10.6 Å². The summed E-state index contributed by atoms with van der Waals surface area (Å²) in [4.78, 5) is 23.8. The number of H-pyrrole nitrogens is 1. The Morgan fingerprint density at radius 3 is 2.58 bits per heavy atom. The smallest absolute Gasteiger partial charge is 0.325 e. The van der Waals surface area contributed by atoms with Crippen molar-refractivity contribution in [3.63, 3.8) is 0 Å². The molecule has 0 radical (unpaired) electrons. The molecule has 0 saturated heterocycles. The van der Waals surface area contributed by atoms with Crippen LogP contribution in [0.4, 0.5) is 18.9 Å². The third kappa shape index (κ3) is 5.37. The average molecular weight is 472 g/mol. The van der Waals surface area contributed by atoms with Gasteiger partial charge in [-0.3, -0.25) is 9.59 Å². The lowest BCUT2D eigenvalue weighted by Crippen LogP contribution is -2.34. The molecule has 3 aromatic rings. The Hall–Kier alpha value is -3.03. The first-order valence-electron chi connectivity index (χ1n) is 8.56. The van der Waals surface area contributed by atoms with Crippen molar-refractivity contribution in [1.82, 2.24) is 14.5 Å². The lowest BCUT2D eigenvalue weighted by molar-refractivity contribution is -0.137. The summed E-state index contributed by atoms with van der Waals surface area (Å²) in [5, 5.41) is 8.34. The van der Waals surface area contributed by atoms with E-state index in [1.807, 2.05) is 0 Å². The summed E-state index contributed by atoms with van der Waals surface area (Å²) in [7, 11) is -2.86. The number of hydrogen-bond donors (Lipinski definition) is 2. The van der Waals surface area contributed by atoms with E-state index in [4.69, 9.17) is 0 Å². The van der Waals surface area contributed by atoms with Gasteiger partial charge in [0.1, 0.15) is 9.90 Å². The largest absolute Gasteiger partial charge is 0.416 e. The van der Waals surface area contributed by atoms with Crippen LogP contribution in [0.15, 0.2) is 57.5 Å². The predicted molar refractivity (Wildman–Crippen MR) is 108 cm³/mol. The van der Waals surface area contributed by atoms with Crippen LogP contribution in [0, 0.1) is 0 Å². The van der Waals surface area contributed by atoms with Gasteiger partial charge in [-0.25, -0.2) is 13.5 Å². The standard InChI is InChI=1S/C18H15F3N4O4S2/c1-25(10-16(27)22-12-4-2-3-11(9-12)18(19,20)21)31(28,29)17-8-6-14(30-17)13-5-7-15(26)24-23-13/h2-9H,10H2,1H3,(H,22,27)(H,24,26). The Balaban J connectivity index is 1.71. The Kier molecular flexibility index (Phi) is 6.29. The zero-order valence-electron chi connectivity index (χ0n) is 15.8. The van der Waals surface area contributed by atoms with Crippen LogP contribution in [0.5, 0.6) is 0 Å². The highest BCUT2D eigenvalue weighted by atomic mass is 32.2. The molecule has 0 aliphatic carbocycles. The number of halogens is 3. The minimum atomic E-state index is -4.57. The summed E-state index contributed by atoms with van der Waals surface area (Å²) in [5.41, 5.74) is -1.07. The second-order valence-electron chi connectivity index (χ2n) is 6.31. The number of carbonyl (C=O) groups is 1. The number of sulfonamides is 1. The number of hydrogen-bond acceptors (Lipinski definition) is 6. The second kappa shape index (κ2) is 8.61. The zero-order chi connectivity index (χ0) is 22.8. The molecule has 0 aliphatic rings. The molecule has 1 amide bonds. The van der Waals surface area contributed by atoms with Crippen molar-refractivity contribution in [2.75, 3.05) is 18.9 Å². The van der Waals surface area contributed by atoms with Gasteiger partial charge in [0.25, 0.3) is 15.6 Å². The maximum absolute atomic E-state index is 12.8. The monoisotopic (exact) mass is 472 g/mol. The first-order chi connectivity index (χ1) is 14.5. The van der Waals surface area contributed by atoms with E-state index >= 15 is 0 Å². The van der Waals surface area contributed by atoms with E-state index in [0.717, 1.165) is 33.8 Å². The first kappa shape index (κ1) is 22.7. The van der Waals surface area contributed by atoms with Gasteiger partial charge in [-0.15, -0.1) is 11.3 Å². The molecule has 3 rings (SSSR count). The Labute approximate surface area is 178 Å². The van der Waals surface area contributed by atoms with E-state index in [9.17, 15) is 31.2 Å². The molecule has 164 valence electrons. The molecule has 0 atom stereocenters. The van der Waals surface area contributed by atoms with Crippen LogP contribution in [-0.2, 0) is 21.0 Å². The number of thiophene rings is 1. The van der Waals surface area contributed by atoms with Crippen LogP contribution in [-0.4, -0.2) is 42.4 Å². The van der Waals surface area contributed by atoms with E-state index in [2.05, 4.69) is 15.5 Å². The zero-order valence-corrected chi connectivity index (χ0v) is 17.4. The fraction of sp³-hybridized carbons (Fsp3) is 0.167. The van der Waals surface area contributed by atoms with Gasteiger partial charge in [0.05, 0.1) is 17.0 Å². The number of alkyl halides is 3. The van der Waals surface area contributed by atoms with Gasteiger partial charge in [-0.1, -0.05) is 6.07 Å². The number of rotatable bonds is 6. The van der Waals surface area contributed by atoms with Crippen molar-refractivity contribution < 1.29 is 26.4 Å². The van der Waals surface area contributed by atoms with Crippen LogP contribution in [0.2, 0.25) is 0 Å². The number of anilines is 1. The molecule has 0 unspecified atom stereocenters. The molecule has 1 aromatic carbocycles.